The van der Waals surface area contributed by atoms with Crippen molar-refractivity contribution in [3.63, 3.8) is 0 Å². The summed E-state index contributed by atoms with van der Waals surface area (Å²) in [6.07, 6.45) is 4.36. The van der Waals surface area contributed by atoms with Crippen LogP contribution in [0.2, 0.25) is 0 Å². The van der Waals surface area contributed by atoms with Crippen LogP contribution >= 0.6 is 0 Å². The molecule has 0 atom stereocenters. The smallest absolute Gasteiger partial charge is 0.165 e. The number of hydrogen-bond donors (Lipinski definition) is 0. The second kappa shape index (κ2) is 5.45. The molecule has 100 valence electrons. The van der Waals surface area contributed by atoms with Crippen molar-refractivity contribution in [2.75, 3.05) is 7.11 Å². The number of Topliss-reactive ketones (excluding diaryl/α,β-unsaturated/α-hetero) is 1. The number of methoxy groups -OCH3 is 1. The summed E-state index contributed by atoms with van der Waals surface area (Å²) in [7, 11) is 1.66. The lowest BCUT2D eigenvalue weighted by Gasteiger charge is -2.22. The maximum Gasteiger partial charge on any atom is 0.165 e. The molecule has 0 radical (unpaired) electrons. The first kappa shape index (κ1) is 13.6. The predicted octanol–water partition coefficient (Wildman–Crippen LogP) is 3.02. The standard InChI is InChI=1S/C15H18N2O2/c1-15(2,19-3)8-7-13(18)11-5-4-6-12-14(11)17-10-9-16-12/h4-6,9-10H,7-8H2,1-3H3. The third-order valence-corrected chi connectivity index (χ3v) is 3.31. The molecule has 0 aliphatic carbocycles. The lowest BCUT2D eigenvalue weighted by Crippen LogP contribution is -2.23. The van der Waals surface area contributed by atoms with Crippen LogP contribution in [0.1, 0.15) is 37.0 Å². The highest BCUT2D eigenvalue weighted by Crippen LogP contribution is 2.20. The van der Waals surface area contributed by atoms with Crippen molar-refractivity contribution in [2.45, 2.75) is 32.3 Å². The molecular weight excluding hydrogens is 240 g/mol. The Morgan fingerprint density at radius 2 is 2.00 bits per heavy atom. The summed E-state index contributed by atoms with van der Waals surface area (Å²) in [5, 5.41) is 0. The molecule has 2 aromatic rings. The van der Waals surface area contributed by atoms with Gasteiger partial charge in [0.1, 0.15) is 0 Å². The van der Waals surface area contributed by atoms with Crippen LogP contribution in [0.3, 0.4) is 0 Å². The van der Waals surface area contributed by atoms with Gasteiger partial charge in [-0.25, -0.2) is 0 Å². The number of ketones is 1. The summed E-state index contributed by atoms with van der Waals surface area (Å²) in [4.78, 5) is 20.8. The van der Waals surface area contributed by atoms with Crippen LogP contribution in [0, 0.1) is 0 Å². The number of aromatic nitrogens is 2. The molecule has 0 fully saturated rings. The average molecular weight is 258 g/mol. The Labute approximate surface area is 112 Å². The number of fused-ring (bicyclic) bond motifs is 1. The van der Waals surface area contributed by atoms with Gasteiger partial charge in [0.25, 0.3) is 0 Å². The van der Waals surface area contributed by atoms with Crippen molar-refractivity contribution in [1.82, 2.24) is 9.97 Å². The summed E-state index contributed by atoms with van der Waals surface area (Å²) < 4.78 is 5.33. The van der Waals surface area contributed by atoms with Crippen molar-refractivity contribution in [3.05, 3.63) is 36.2 Å². The van der Waals surface area contributed by atoms with Crippen LogP contribution in [0.25, 0.3) is 11.0 Å². The van der Waals surface area contributed by atoms with Gasteiger partial charge in [-0.2, -0.15) is 0 Å². The number of ether oxygens (including phenoxy) is 1. The van der Waals surface area contributed by atoms with Gasteiger partial charge >= 0.3 is 0 Å². The third-order valence-electron chi connectivity index (χ3n) is 3.31. The summed E-state index contributed by atoms with van der Waals surface area (Å²) in [5.74, 6) is 0.0798. The molecule has 0 aliphatic heterocycles. The van der Waals surface area contributed by atoms with Gasteiger partial charge < -0.3 is 4.74 Å². The molecule has 1 heterocycles. The molecule has 1 aromatic heterocycles. The van der Waals surface area contributed by atoms with Gasteiger partial charge in [0.05, 0.1) is 16.6 Å². The Morgan fingerprint density at radius 3 is 2.74 bits per heavy atom. The first-order chi connectivity index (χ1) is 9.03. The van der Waals surface area contributed by atoms with Crippen molar-refractivity contribution >= 4 is 16.8 Å². The molecular formula is C15H18N2O2. The van der Waals surface area contributed by atoms with E-state index in [9.17, 15) is 4.79 Å². The van der Waals surface area contributed by atoms with Crippen LogP contribution in [0.5, 0.6) is 0 Å². The van der Waals surface area contributed by atoms with E-state index >= 15 is 0 Å². The highest BCUT2D eigenvalue weighted by Gasteiger charge is 2.19. The zero-order valence-electron chi connectivity index (χ0n) is 11.5. The normalized spacial score (nSPS) is 11.7. The first-order valence-corrected chi connectivity index (χ1v) is 6.31. The van der Waals surface area contributed by atoms with Crippen molar-refractivity contribution in [2.24, 2.45) is 0 Å². The molecule has 0 amide bonds. The van der Waals surface area contributed by atoms with Crippen LogP contribution in [0.4, 0.5) is 0 Å². The van der Waals surface area contributed by atoms with E-state index in [0.717, 1.165) is 5.52 Å². The second-order valence-corrected chi connectivity index (χ2v) is 5.12. The highest BCUT2D eigenvalue weighted by atomic mass is 16.5. The van der Waals surface area contributed by atoms with Crippen LogP contribution < -0.4 is 0 Å². The maximum absolute atomic E-state index is 12.3. The van der Waals surface area contributed by atoms with E-state index in [-0.39, 0.29) is 11.4 Å². The minimum absolute atomic E-state index is 0.0798. The van der Waals surface area contributed by atoms with E-state index < -0.39 is 0 Å². The van der Waals surface area contributed by atoms with E-state index in [0.29, 0.717) is 23.9 Å². The van der Waals surface area contributed by atoms with Gasteiger partial charge in [-0.15, -0.1) is 0 Å². The number of carbonyl (C=O) groups is 1. The summed E-state index contributed by atoms with van der Waals surface area (Å²) in [6, 6.07) is 5.50. The number of para-hydroxylation sites is 1. The third kappa shape index (κ3) is 3.15. The van der Waals surface area contributed by atoms with Gasteiger partial charge in [0.2, 0.25) is 0 Å². The highest BCUT2D eigenvalue weighted by molar-refractivity contribution is 6.05. The largest absolute Gasteiger partial charge is 0.379 e. The first-order valence-electron chi connectivity index (χ1n) is 6.31. The number of nitrogens with zero attached hydrogens (tertiary/aromatic N) is 2. The maximum atomic E-state index is 12.3. The Hall–Kier alpha value is -1.81. The van der Waals surface area contributed by atoms with Gasteiger partial charge in [-0.3, -0.25) is 14.8 Å². The fourth-order valence-electron chi connectivity index (χ4n) is 1.87. The van der Waals surface area contributed by atoms with E-state index in [1.54, 1.807) is 25.6 Å². The molecule has 1 aromatic carbocycles. The van der Waals surface area contributed by atoms with Gasteiger partial charge in [-0.05, 0) is 32.4 Å². The summed E-state index contributed by atoms with van der Waals surface area (Å²) in [6.45, 7) is 3.95. The fraction of sp³-hybridized carbons (Fsp3) is 0.400. The fourth-order valence-corrected chi connectivity index (χ4v) is 1.87. The lowest BCUT2D eigenvalue weighted by molar-refractivity contribution is 0.0142. The Morgan fingerprint density at radius 1 is 1.26 bits per heavy atom. The zero-order chi connectivity index (χ0) is 13.9. The van der Waals surface area contributed by atoms with Gasteiger partial charge in [0, 0.05) is 31.5 Å². The van der Waals surface area contributed by atoms with Crippen LogP contribution in [0.15, 0.2) is 30.6 Å². The number of carbonyl (C=O) groups excluding carboxylic acids is 1. The number of rotatable bonds is 5. The quantitative estimate of drug-likeness (QED) is 0.773. The van der Waals surface area contributed by atoms with Crippen LogP contribution in [-0.2, 0) is 4.74 Å². The summed E-state index contributed by atoms with van der Waals surface area (Å²) >= 11 is 0. The van der Waals surface area contributed by atoms with Crippen LogP contribution in [-0.4, -0.2) is 28.5 Å². The Balaban J connectivity index is 2.23. The molecule has 4 heteroatoms. The van der Waals surface area contributed by atoms with E-state index in [2.05, 4.69) is 9.97 Å². The molecule has 2 rings (SSSR count). The molecule has 0 aliphatic rings. The monoisotopic (exact) mass is 258 g/mol. The minimum atomic E-state index is -0.286. The molecule has 0 spiro atoms. The molecule has 0 N–H and O–H groups in total. The Kier molecular flexibility index (Phi) is 3.90. The number of benzene rings is 1. The summed E-state index contributed by atoms with van der Waals surface area (Å²) in [5.41, 5.74) is 1.77. The van der Waals surface area contributed by atoms with Crippen molar-refractivity contribution < 1.29 is 9.53 Å². The van der Waals surface area contributed by atoms with E-state index in [4.69, 9.17) is 4.74 Å². The Bertz CT molecular complexity index is 588. The van der Waals surface area contributed by atoms with Gasteiger partial charge in [0.15, 0.2) is 5.78 Å². The van der Waals surface area contributed by atoms with Crippen molar-refractivity contribution in [3.8, 4) is 0 Å². The average Bonchev–Trinajstić information content (AvgIpc) is 2.44. The molecule has 0 bridgehead atoms. The molecule has 0 saturated carbocycles. The second-order valence-electron chi connectivity index (χ2n) is 5.12. The van der Waals surface area contributed by atoms with E-state index in [1.165, 1.54) is 0 Å². The van der Waals surface area contributed by atoms with Crippen molar-refractivity contribution in [1.29, 1.82) is 0 Å². The topological polar surface area (TPSA) is 52.1 Å². The lowest BCUT2D eigenvalue weighted by atomic mass is 9.97. The molecule has 0 unspecified atom stereocenters. The molecule has 0 saturated heterocycles. The predicted molar refractivity (Wildman–Crippen MR) is 74.2 cm³/mol. The SMILES string of the molecule is COC(C)(C)CCC(=O)c1cccc2nccnc12. The minimum Gasteiger partial charge on any atom is -0.379 e. The molecule has 4 nitrogen and oxygen atoms in total. The number of hydrogen-bond acceptors (Lipinski definition) is 4. The van der Waals surface area contributed by atoms with E-state index in [1.807, 2.05) is 26.0 Å². The zero-order valence-corrected chi connectivity index (χ0v) is 11.5. The molecule has 19 heavy (non-hydrogen) atoms. The van der Waals surface area contributed by atoms with Gasteiger partial charge in [-0.1, -0.05) is 6.07 Å².